The van der Waals surface area contributed by atoms with Crippen LogP contribution in [0.3, 0.4) is 0 Å². The molecule has 0 bridgehead atoms. The van der Waals surface area contributed by atoms with Gasteiger partial charge in [0.1, 0.15) is 0 Å². The van der Waals surface area contributed by atoms with Crippen molar-refractivity contribution in [3.05, 3.63) is 35.9 Å². The first-order valence-electron chi connectivity index (χ1n) is 6.41. The highest BCUT2D eigenvalue weighted by Gasteiger charge is 2.16. The van der Waals surface area contributed by atoms with Gasteiger partial charge in [0.2, 0.25) is 0 Å². The number of carbonyl (C=O) groups is 1. The van der Waals surface area contributed by atoms with Crippen molar-refractivity contribution in [1.29, 1.82) is 0 Å². The minimum Gasteiger partial charge on any atom is -0.272 e. The summed E-state index contributed by atoms with van der Waals surface area (Å²) in [6.07, 6.45) is 4.79. The van der Waals surface area contributed by atoms with Crippen molar-refractivity contribution in [2.45, 2.75) is 37.5 Å². The van der Waals surface area contributed by atoms with Gasteiger partial charge in [-0.25, -0.2) is 5.48 Å². The van der Waals surface area contributed by atoms with E-state index in [4.69, 9.17) is 4.84 Å². The Hall–Kier alpha value is -1.00. The molecule has 0 aliphatic heterocycles. The van der Waals surface area contributed by atoms with Crippen LogP contribution in [0.1, 0.15) is 31.2 Å². The van der Waals surface area contributed by atoms with Gasteiger partial charge in [0.05, 0.1) is 11.9 Å². The number of hydroxylamine groups is 1. The maximum Gasteiger partial charge on any atom is 0.253 e. The molecule has 1 saturated carbocycles. The molecule has 0 radical (unpaired) electrons. The Balaban J connectivity index is 1.57. The van der Waals surface area contributed by atoms with E-state index >= 15 is 0 Å². The summed E-state index contributed by atoms with van der Waals surface area (Å²) in [6.45, 7) is 0. The molecule has 0 saturated heterocycles. The molecule has 98 valence electrons. The average molecular weight is 265 g/mol. The Morgan fingerprint density at radius 1 is 1.28 bits per heavy atom. The second kappa shape index (κ2) is 7.44. The third-order valence-electron chi connectivity index (χ3n) is 2.99. The predicted molar refractivity (Wildman–Crippen MR) is 74.1 cm³/mol. The van der Waals surface area contributed by atoms with E-state index in [0.29, 0.717) is 5.75 Å². The number of benzene rings is 1. The van der Waals surface area contributed by atoms with Crippen LogP contribution >= 0.6 is 11.8 Å². The normalized spacial score (nSPS) is 15.8. The smallest absolute Gasteiger partial charge is 0.253 e. The molecule has 2 rings (SSSR count). The van der Waals surface area contributed by atoms with Crippen molar-refractivity contribution in [1.82, 2.24) is 5.48 Å². The quantitative estimate of drug-likeness (QED) is 0.804. The third kappa shape index (κ3) is 4.70. The largest absolute Gasteiger partial charge is 0.272 e. The average Bonchev–Trinajstić information content (AvgIpc) is 2.91. The summed E-state index contributed by atoms with van der Waals surface area (Å²) in [4.78, 5) is 16.9. The number of thioether (sulfide) groups is 1. The van der Waals surface area contributed by atoms with Crippen molar-refractivity contribution in [2.75, 3.05) is 5.75 Å². The van der Waals surface area contributed by atoms with Gasteiger partial charge < -0.3 is 0 Å². The van der Waals surface area contributed by atoms with Gasteiger partial charge in [0.25, 0.3) is 5.91 Å². The van der Waals surface area contributed by atoms with E-state index < -0.39 is 0 Å². The van der Waals surface area contributed by atoms with Crippen LogP contribution in [0.4, 0.5) is 0 Å². The zero-order valence-corrected chi connectivity index (χ0v) is 11.2. The van der Waals surface area contributed by atoms with Gasteiger partial charge in [-0.1, -0.05) is 43.2 Å². The van der Waals surface area contributed by atoms with Crippen LogP contribution in [0.15, 0.2) is 30.3 Å². The van der Waals surface area contributed by atoms with Crippen molar-refractivity contribution in [3.8, 4) is 0 Å². The van der Waals surface area contributed by atoms with Gasteiger partial charge in [-0.05, 0) is 18.4 Å². The number of hydrogen-bond acceptors (Lipinski definition) is 3. The first kappa shape index (κ1) is 13.4. The van der Waals surface area contributed by atoms with Crippen LogP contribution in [0.5, 0.6) is 0 Å². The Bertz CT molecular complexity index is 363. The molecule has 4 heteroatoms. The first-order chi connectivity index (χ1) is 8.84. The van der Waals surface area contributed by atoms with Crippen LogP contribution < -0.4 is 5.48 Å². The molecule has 0 heterocycles. The van der Waals surface area contributed by atoms with E-state index in [-0.39, 0.29) is 12.0 Å². The molecular weight excluding hydrogens is 246 g/mol. The SMILES string of the molecule is O=C(CSCc1ccccc1)NOC1CCCC1. The maximum atomic E-state index is 11.5. The lowest BCUT2D eigenvalue weighted by atomic mass is 10.2. The second-order valence-electron chi connectivity index (χ2n) is 4.53. The van der Waals surface area contributed by atoms with E-state index in [0.717, 1.165) is 18.6 Å². The lowest BCUT2D eigenvalue weighted by Gasteiger charge is -2.11. The third-order valence-corrected chi connectivity index (χ3v) is 3.99. The van der Waals surface area contributed by atoms with Crippen LogP contribution in [-0.4, -0.2) is 17.8 Å². The molecule has 1 aromatic carbocycles. The van der Waals surface area contributed by atoms with Crippen LogP contribution in [0, 0.1) is 0 Å². The summed E-state index contributed by atoms with van der Waals surface area (Å²) < 4.78 is 0. The Labute approximate surface area is 112 Å². The Morgan fingerprint density at radius 2 is 2.00 bits per heavy atom. The minimum absolute atomic E-state index is 0.0390. The monoisotopic (exact) mass is 265 g/mol. The number of carbonyl (C=O) groups excluding carboxylic acids is 1. The maximum absolute atomic E-state index is 11.5. The van der Waals surface area contributed by atoms with Gasteiger partial charge in [-0.3, -0.25) is 9.63 Å². The molecule has 18 heavy (non-hydrogen) atoms. The molecule has 1 aromatic rings. The lowest BCUT2D eigenvalue weighted by molar-refractivity contribution is -0.135. The van der Waals surface area contributed by atoms with Crippen LogP contribution in [-0.2, 0) is 15.4 Å². The van der Waals surface area contributed by atoms with Gasteiger partial charge in [-0.2, -0.15) is 0 Å². The lowest BCUT2D eigenvalue weighted by Crippen LogP contribution is -2.29. The molecule has 1 aliphatic rings. The number of nitrogens with one attached hydrogen (secondary N) is 1. The molecule has 0 aromatic heterocycles. The number of amides is 1. The zero-order valence-electron chi connectivity index (χ0n) is 10.4. The van der Waals surface area contributed by atoms with Gasteiger partial charge >= 0.3 is 0 Å². The highest BCUT2D eigenvalue weighted by Crippen LogP contribution is 2.20. The Morgan fingerprint density at radius 3 is 2.72 bits per heavy atom. The van der Waals surface area contributed by atoms with Crippen LogP contribution in [0.25, 0.3) is 0 Å². The van der Waals surface area contributed by atoms with Gasteiger partial charge in [0, 0.05) is 5.75 Å². The molecule has 0 unspecified atom stereocenters. The van der Waals surface area contributed by atoms with Crippen molar-refractivity contribution >= 4 is 17.7 Å². The summed E-state index contributed by atoms with van der Waals surface area (Å²) >= 11 is 1.60. The highest BCUT2D eigenvalue weighted by molar-refractivity contribution is 7.99. The number of hydrogen-bond donors (Lipinski definition) is 1. The van der Waals surface area contributed by atoms with Gasteiger partial charge in [-0.15, -0.1) is 11.8 Å². The Kier molecular flexibility index (Phi) is 5.55. The number of rotatable bonds is 6. The van der Waals surface area contributed by atoms with E-state index in [2.05, 4.69) is 17.6 Å². The van der Waals surface area contributed by atoms with E-state index in [1.165, 1.54) is 18.4 Å². The summed E-state index contributed by atoms with van der Waals surface area (Å²) in [7, 11) is 0. The molecule has 1 fully saturated rings. The molecule has 3 nitrogen and oxygen atoms in total. The predicted octanol–water partition coefficient (Wildman–Crippen LogP) is 2.91. The second-order valence-corrected chi connectivity index (χ2v) is 5.51. The molecule has 0 atom stereocenters. The van der Waals surface area contributed by atoms with Gasteiger partial charge in [0.15, 0.2) is 0 Å². The molecule has 0 spiro atoms. The minimum atomic E-state index is -0.0390. The van der Waals surface area contributed by atoms with Crippen molar-refractivity contribution in [3.63, 3.8) is 0 Å². The molecule has 1 aliphatic carbocycles. The van der Waals surface area contributed by atoms with E-state index in [1.54, 1.807) is 11.8 Å². The van der Waals surface area contributed by atoms with E-state index in [9.17, 15) is 4.79 Å². The summed E-state index contributed by atoms with van der Waals surface area (Å²) in [5.74, 6) is 1.27. The first-order valence-corrected chi connectivity index (χ1v) is 7.56. The fraction of sp³-hybridized carbons (Fsp3) is 0.500. The fourth-order valence-corrected chi connectivity index (χ4v) is 2.80. The highest BCUT2D eigenvalue weighted by atomic mass is 32.2. The molecular formula is C14H19NO2S. The molecule has 1 amide bonds. The van der Waals surface area contributed by atoms with Crippen LogP contribution in [0.2, 0.25) is 0 Å². The fourth-order valence-electron chi connectivity index (χ4n) is 2.02. The summed E-state index contributed by atoms with van der Waals surface area (Å²) in [5.41, 5.74) is 3.79. The van der Waals surface area contributed by atoms with Crippen molar-refractivity contribution < 1.29 is 9.63 Å². The van der Waals surface area contributed by atoms with E-state index in [1.807, 2.05) is 18.2 Å². The molecule has 1 N–H and O–H groups in total. The topological polar surface area (TPSA) is 38.3 Å². The summed E-state index contributed by atoms with van der Waals surface area (Å²) in [5, 5.41) is 0. The zero-order chi connectivity index (χ0) is 12.6. The standard InChI is InChI=1S/C14H19NO2S/c16-14(15-17-13-8-4-5-9-13)11-18-10-12-6-2-1-3-7-12/h1-3,6-7,13H,4-5,8-11H2,(H,15,16). The summed E-state index contributed by atoms with van der Waals surface area (Å²) in [6, 6.07) is 10.2. The van der Waals surface area contributed by atoms with Crippen molar-refractivity contribution in [2.24, 2.45) is 0 Å².